The molecule has 1 aliphatic carbocycles. The number of fused-ring (bicyclic) bond motifs is 5. The van der Waals surface area contributed by atoms with E-state index in [9.17, 15) is 14.4 Å². The van der Waals surface area contributed by atoms with Gasteiger partial charge in [0, 0.05) is 29.7 Å². The first-order chi connectivity index (χ1) is 11.6. The molecular weight excluding hydrogens is 312 g/mol. The zero-order valence-electron chi connectivity index (χ0n) is 12.9. The van der Waals surface area contributed by atoms with E-state index in [-0.39, 0.29) is 30.4 Å². The third kappa shape index (κ3) is 1.54. The van der Waals surface area contributed by atoms with Gasteiger partial charge >= 0.3 is 0 Å². The number of hydrogen-bond acceptors (Lipinski definition) is 5. The summed E-state index contributed by atoms with van der Waals surface area (Å²) in [5, 5.41) is 2.92. The number of ether oxygens (including phenoxy) is 2. The normalized spacial score (nSPS) is 27.0. The number of amides is 3. The number of likely N-dealkylation sites (N-methyl/N-ethyl adjacent to an activating group) is 1. The van der Waals surface area contributed by atoms with Gasteiger partial charge in [-0.15, -0.1) is 0 Å². The minimum absolute atomic E-state index is 0.0470. The molecule has 5 rings (SSSR count). The third-order valence-corrected chi connectivity index (χ3v) is 5.32. The quantitative estimate of drug-likeness (QED) is 0.710. The highest BCUT2D eigenvalue weighted by molar-refractivity contribution is 6.20. The van der Waals surface area contributed by atoms with Crippen LogP contribution in [-0.4, -0.2) is 42.5 Å². The van der Waals surface area contributed by atoms with Crippen molar-refractivity contribution in [2.75, 3.05) is 13.8 Å². The lowest BCUT2D eigenvalue weighted by Gasteiger charge is -2.37. The van der Waals surface area contributed by atoms with Gasteiger partial charge in [-0.2, -0.15) is 0 Å². The fraction of sp³-hybridized carbons (Fsp3) is 0.353. The first kappa shape index (κ1) is 13.6. The second-order valence-electron chi connectivity index (χ2n) is 6.45. The standard InChI is InChI=1S/C17H14N2O5/c1-19-16(21)8-3-2-7-9-4-11-12(24-6-23-11)5-10(9)15(20)18-14(7)13(8)17(19)22/h4-5,7,14H,2-3,6H2,1H3,(H,18,20)/t7?,14-/m1/s1. The van der Waals surface area contributed by atoms with Gasteiger partial charge in [0.15, 0.2) is 11.5 Å². The Morgan fingerprint density at radius 1 is 1.12 bits per heavy atom. The summed E-state index contributed by atoms with van der Waals surface area (Å²) in [6.07, 6.45) is 1.23. The molecule has 7 nitrogen and oxygen atoms in total. The van der Waals surface area contributed by atoms with Gasteiger partial charge in [0.05, 0.1) is 6.04 Å². The Kier molecular flexibility index (Phi) is 2.48. The molecule has 1 aromatic rings. The van der Waals surface area contributed by atoms with E-state index in [1.807, 2.05) is 6.07 Å². The maximum atomic E-state index is 12.6. The molecule has 3 amide bonds. The van der Waals surface area contributed by atoms with Crippen molar-refractivity contribution in [3.05, 3.63) is 34.4 Å². The Hall–Kier alpha value is -2.83. The average molecular weight is 326 g/mol. The molecular formula is C17H14N2O5. The summed E-state index contributed by atoms with van der Waals surface area (Å²) in [6.45, 7) is 0.140. The lowest BCUT2D eigenvalue weighted by atomic mass is 9.73. The minimum Gasteiger partial charge on any atom is -0.454 e. The summed E-state index contributed by atoms with van der Waals surface area (Å²) in [4.78, 5) is 38.4. The van der Waals surface area contributed by atoms with Crippen molar-refractivity contribution >= 4 is 17.7 Å². The number of benzene rings is 1. The number of hydrogen-bond donors (Lipinski definition) is 1. The lowest BCUT2D eigenvalue weighted by Crippen LogP contribution is -2.48. The second-order valence-corrected chi connectivity index (χ2v) is 6.45. The molecule has 0 radical (unpaired) electrons. The van der Waals surface area contributed by atoms with Gasteiger partial charge in [-0.1, -0.05) is 0 Å². The highest BCUT2D eigenvalue weighted by Crippen LogP contribution is 2.46. The van der Waals surface area contributed by atoms with E-state index < -0.39 is 6.04 Å². The largest absolute Gasteiger partial charge is 0.454 e. The first-order valence-corrected chi connectivity index (χ1v) is 7.86. The fourth-order valence-electron chi connectivity index (χ4n) is 4.14. The second kappa shape index (κ2) is 4.37. The highest BCUT2D eigenvalue weighted by Gasteiger charge is 2.48. The Bertz CT molecular complexity index is 872. The molecule has 1 unspecified atom stereocenters. The molecule has 1 aromatic carbocycles. The van der Waals surface area contributed by atoms with Gasteiger partial charge < -0.3 is 14.8 Å². The Labute approximate surface area is 137 Å². The maximum absolute atomic E-state index is 12.6. The molecule has 0 saturated heterocycles. The van der Waals surface area contributed by atoms with E-state index in [2.05, 4.69) is 5.32 Å². The van der Waals surface area contributed by atoms with Gasteiger partial charge in [-0.05, 0) is 30.5 Å². The van der Waals surface area contributed by atoms with E-state index in [4.69, 9.17) is 9.47 Å². The number of rotatable bonds is 0. The van der Waals surface area contributed by atoms with Crippen LogP contribution >= 0.6 is 0 Å². The van der Waals surface area contributed by atoms with Gasteiger partial charge in [0.2, 0.25) is 6.79 Å². The number of carbonyl (C=O) groups is 3. The van der Waals surface area contributed by atoms with Gasteiger partial charge in [0.1, 0.15) is 0 Å². The van der Waals surface area contributed by atoms with Crippen LogP contribution in [0.15, 0.2) is 23.3 Å². The van der Waals surface area contributed by atoms with Crippen LogP contribution in [0.2, 0.25) is 0 Å². The van der Waals surface area contributed by atoms with Crippen molar-refractivity contribution in [1.29, 1.82) is 0 Å². The fourth-order valence-corrected chi connectivity index (χ4v) is 4.14. The Morgan fingerprint density at radius 2 is 1.88 bits per heavy atom. The van der Waals surface area contributed by atoms with Crippen molar-refractivity contribution in [2.24, 2.45) is 0 Å². The van der Waals surface area contributed by atoms with Crippen molar-refractivity contribution in [2.45, 2.75) is 24.8 Å². The number of imide groups is 1. The van der Waals surface area contributed by atoms with Crippen molar-refractivity contribution < 1.29 is 23.9 Å². The highest BCUT2D eigenvalue weighted by atomic mass is 16.7. The summed E-state index contributed by atoms with van der Waals surface area (Å²) in [5.41, 5.74) is 2.38. The maximum Gasteiger partial charge on any atom is 0.258 e. The summed E-state index contributed by atoms with van der Waals surface area (Å²) >= 11 is 0. The van der Waals surface area contributed by atoms with Crippen LogP contribution in [0, 0.1) is 0 Å². The molecule has 0 saturated carbocycles. The summed E-state index contributed by atoms with van der Waals surface area (Å²) in [5.74, 6) is 0.313. The summed E-state index contributed by atoms with van der Waals surface area (Å²) in [6, 6.07) is 3.07. The van der Waals surface area contributed by atoms with Crippen LogP contribution < -0.4 is 14.8 Å². The monoisotopic (exact) mass is 326 g/mol. The Morgan fingerprint density at radius 3 is 2.67 bits per heavy atom. The zero-order valence-corrected chi connectivity index (χ0v) is 12.9. The Balaban J connectivity index is 1.65. The summed E-state index contributed by atoms with van der Waals surface area (Å²) < 4.78 is 10.8. The molecule has 24 heavy (non-hydrogen) atoms. The average Bonchev–Trinajstić information content (AvgIpc) is 3.12. The van der Waals surface area contributed by atoms with E-state index in [1.54, 1.807) is 6.07 Å². The molecule has 122 valence electrons. The van der Waals surface area contributed by atoms with Crippen LogP contribution in [0.4, 0.5) is 0 Å². The molecule has 3 aliphatic heterocycles. The number of nitrogens with one attached hydrogen (secondary N) is 1. The molecule has 7 heteroatoms. The first-order valence-electron chi connectivity index (χ1n) is 7.86. The van der Waals surface area contributed by atoms with Gasteiger partial charge in [-0.25, -0.2) is 0 Å². The zero-order chi connectivity index (χ0) is 16.6. The molecule has 0 bridgehead atoms. The van der Waals surface area contributed by atoms with Crippen LogP contribution in [0.1, 0.15) is 34.7 Å². The molecule has 0 aromatic heterocycles. The van der Waals surface area contributed by atoms with Crippen LogP contribution in [0.25, 0.3) is 0 Å². The smallest absolute Gasteiger partial charge is 0.258 e. The van der Waals surface area contributed by atoms with Crippen LogP contribution in [-0.2, 0) is 9.59 Å². The van der Waals surface area contributed by atoms with Gasteiger partial charge in [-0.3, -0.25) is 19.3 Å². The molecule has 4 aliphatic rings. The van der Waals surface area contributed by atoms with E-state index in [1.165, 1.54) is 7.05 Å². The number of carbonyl (C=O) groups excluding carboxylic acids is 3. The predicted molar refractivity (Wildman–Crippen MR) is 80.6 cm³/mol. The third-order valence-electron chi connectivity index (χ3n) is 5.32. The SMILES string of the molecule is CN1C(=O)C2=C(C1=O)[C@@H]1NC(=O)c3cc4c(cc3C1CC2)OCO4. The molecule has 2 atom stereocenters. The van der Waals surface area contributed by atoms with Crippen LogP contribution in [0.5, 0.6) is 11.5 Å². The summed E-state index contributed by atoms with van der Waals surface area (Å²) in [7, 11) is 1.48. The van der Waals surface area contributed by atoms with Crippen molar-refractivity contribution in [1.82, 2.24) is 10.2 Å². The number of nitrogens with zero attached hydrogens (tertiary/aromatic N) is 1. The topological polar surface area (TPSA) is 84.9 Å². The van der Waals surface area contributed by atoms with E-state index in [0.717, 1.165) is 10.5 Å². The molecule has 0 fully saturated rings. The van der Waals surface area contributed by atoms with Crippen molar-refractivity contribution in [3.63, 3.8) is 0 Å². The molecule has 0 spiro atoms. The molecule has 1 N–H and O–H groups in total. The van der Waals surface area contributed by atoms with Crippen LogP contribution in [0.3, 0.4) is 0 Å². The lowest BCUT2D eigenvalue weighted by molar-refractivity contribution is -0.136. The van der Waals surface area contributed by atoms with E-state index in [0.29, 0.717) is 41.1 Å². The van der Waals surface area contributed by atoms with E-state index >= 15 is 0 Å². The van der Waals surface area contributed by atoms with Crippen molar-refractivity contribution in [3.8, 4) is 11.5 Å². The predicted octanol–water partition coefficient (Wildman–Crippen LogP) is 0.700. The minimum atomic E-state index is -0.462. The van der Waals surface area contributed by atoms with Gasteiger partial charge in [0.25, 0.3) is 17.7 Å². The molecule has 3 heterocycles.